The molecule has 5 heterocycles. The second kappa shape index (κ2) is 12.7. The number of carbonyl (C=O) groups excluding carboxylic acids is 2. The van der Waals surface area contributed by atoms with E-state index in [0.29, 0.717) is 45.2 Å². The smallest absolute Gasteiger partial charge is 0.388 e. The molecule has 0 bridgehead atoms. The third kappa shape index (κ3) is 6.15. The number of fused-ring (bicyclic) bond motifs is 1. The molecule has 1 atom stereocenters. The topological polar surface area (TPSA) is 133 Å². The van der Waals surface area contributed by atoms with Crippen LogP contribution in [0.25, 0.3) is 38.5 Å². The number of aryl methyl sites for hydroxylation is 2. The summed E-state index contributed by atoms with van der Waals surface area (Å²) < 4.78 is 6.34. The summed E-state index contributed by atoms with van der Waals surface area (Å²) in [4.78, 5) is 49.8. The summed E-state index contributed by atoms with van der Waals surface area (Å²) in [6, 6.07) is 13.7. The zero-order valence-corrected chi connectivity index (χ0v) is 27.4. The van der Waals surface area contributed by atoms with E-state index in [-0.39, 0.29) is 17.7 Å². The minimum Gasteiger partial charge on any atom is -0.388 e. The van der Waals surface area contributed by atoms with Gasteiger partial charge in [-0.2, -0.15) is 9.78 Å². The Balaban J connectivity index is 0.952. The summed E-state index contributed by atoms with van der Waals surface area (Å²) >= 11 is 1.59. The van der Waals surface area contributed by atoms with Crippen LogP contribution in [0.2, 0.25) is 0 Å². The van der Waals surface area contributed by atoms with Crippen molar-refractivity contribution >= 4 is 45.3 Å². The summed E-state index contributed by atoms with van der Waals surface area (Å²) in [7, 11) is 1.55. The fourth-order valence-electron chi connectivity index (χ4n) is 6.43. The third-order valence-electron chi connectivity index (χ3n) is 9.03. The Morgan fingerprint density at radius 2 is 1.94 bits per heavy atom. The van der Waals surface area contributed by atoms with Crippen molar-refractivity contribution in [2.24, 2.45) is 13.0 Å². The molecule has 1 fully saturated rings. The minimum atomic E-state index is -0.497. The van der Waals surface area contributed by atoms with Gasteiger partial charge in [-0.3, -0.25) is 19.6 Å². The molecule has 5 aromatic rings. The lowest BCUT2D eigenvalue weighted by Gasteiger charge is -2.29. The molecule has 3 aromatic heterocycles. The first kappa shape index (κ1) is 30.8. The largest absolute Gasteiger partial charge is 0.437 e. The summed E-state index contributed by atoms with van der Waals surface area (Å²) in [5.74, 6) is -0.205. The van der Waals surface area contributed by atoms with Crippen LogP contribution in [0.1, 0.15) is 30.3 Å². The molecule has 1 saturated heterocycles. The maximum Gasteiger partial charge on any atom is 0.437 e. The van der Waals surface area contributed by atoms with Crippen LogP contribution < -0.4 is 10.7 Å². The number of nitrogens with zero attached hydrogens (tertiary/aromatic N) is 7. The van der Waals surface area contributed by atoms with Gasteiger partial charge >= 0.3 is 5.76 Å². The number of nitrogens with one attached hydrogen (secondary N) is 1. The Labute approximate surface area is 275 Å². The van der Waals surface area contributed by atoms with E-state index in [9.17, 15) is 14.4 Å². The van der Waals surface area contributed by atoms with Crippen molar-refractivity contribution in [2.45, 2.75) is 26.7 Å². The molecule has 2 aliphatic rings. The molecule has 12 nitrogen and oxygen atoms in total. The molecule has 2 aliphatic heterocycles. The number of rotatable bonds is 8. The fourth-order valence-corrected chi connectivity index (χ4v) is 7.21. The van der Waals surface area contributed by atoms with E-state index < -0.39 is 5.76 Å². The van der Waals surface area contributed by atoms with Crippen LogP contribution in [-0.2, 0) is 16.6 Å². The van der Waals surface area contributed by atoms with Gasteiger partial charge in [0.2, 0.25) is 17.7 Å². The summed E-state index contributed by atoms with van der Waals surface area (Å²) in [5.41, 5.74) is 5.59. The Bertz CT molecular complexity index is 2040. The maximum absolute atomic E-state index is 13.8. The quantitative estimate of drug-likeness (QED) is 0.262. The number of aromatic amines is 1. The fraction of sp³-hybridized carbons (Fsp3) is 0.353. The molecule has 0 radical (unpaired) electrons. The highest BCUT2D eigenvalue weighted by molar-refractivity contribution is 7.15. The highest BCUT2D eigenvalue weighted by Gasteiger charge is 2.33. The molecule has 2 aromatic carbocycles. The molecule has 1 N–H and O–H groups in total. The van der Waals surface area contributed by atoms with E-state index >= 15 is 0 Å². The van der Waals surface area contributed by atoms with E-state index in [1.54, 1.807) is 18.4 Å². The highest BCUT2D eigenvalue weighted by Crippen LogP contribution is 2.33. The van der Waals surface area contributed by atoms with Gasteiger partial charge in [0.05, 0.1) is 27.9 Å². The summed E-state index contributed by atoms with van der Waals surface area (Å²) in [5, 5.41) is 13.7. The predicted octanol–water partition coefficient (Wildman–Crippen LogP) is 4.34. The van der Waals surface area contributed by atoms with Crippen LogP contribution in [0, 0.1) is 12.8 Å². The minimum absolute atomic E-state index is 0.0810. The number of anilines is 1. The van der Waals surface area contributed by atoms with Crippen LogP contribution in [-0.4, -0.2) is 85.8 Å². The van der Waals surface area contributed by atoms with E-state index in [1.807, 2.05) is 72.3 Å². The van der Waals surface area contributed by atoms with Gasteiger partial charge < -0.3 is 14.2 Å². The number of likely N-dealkylation sites (tertiary alicyclic amines) is 1. The lowest BCUT2D eigenvalue weighted by atomic mass is 9.98. The molecular formula is C34H36N8O4S. The molecule has 0 aliphatic carbocycles. The maximum atomic E-state index is 13.8. The van der Waals surface area contributed by atoms with Gasteiger partial charge in [-0.25, -0.2) is 9.78 Å². The SMILES string of the molecule is CCN(C(=O)[C@@H]1CCN(CC(=O)N2CC=C(c3ccc(-c4nn(C)c(=O)o4)cc3)CC2)C1)c1ccc2[nH]nc(-c3cnc(C)s3)c2c1. The molecule has 7 rings (SSSR count). The van der Waals surface area contributed by atoms with Gasteiger partial charge in [-0.15, -0.1) is 16.4 Å². The molecule has 0 unspecified atom stereocenters. The highest BCUT2D eigenvalue weighted by atomic mass is 32.1. The van der Waals surface area contributed by atoms with Crippen LogP contribution in [0.15, 0.2) is 63.9 Å². The standard InChI is InChI=1S/C34H36N8O4S/c1-4-42(26-9-10-28-27(17-26)31(37-36-28)29-18-35-21(2)47-29)33(44)25-11-14-40(19-25)20-30(43)41-15-12-23(13-16-41)22-5-7-24(8-6-22)32-38-39(3)34(45)46-32/h5-10,12,17-18,25H,4,11,13-16,19-20H2,1-3H3,(H,36,37)/t25-/m1/s1. The monoisotopic (exact) mass is 652 g/mol. The second-order valence-corrected chi connectivity index (χ2v) is 13.3. The van der Waals surface area contributed by atoms with E-state index in [0.717, 1.165) is 56.1 Å². The number of thiazole rings is 1. The van der Waals surface area contributed by atoms with E-state index in [1.165, 1.54) is 10.3 Å². The Kier molecular flexibility index (Phi) is 8.33. The second-order valence-electron chi connectivity index (χ2n) is 12.0. The van der Waals surface area contributed by atoms with Crippen molar-refractivity contribution in [1.82, 2.24) is 34.8 Å². The van der Waals surface area contributed by atoms with Crippen molar-refractivity contribution in [3.63, 3.8) is 0 Å². The average Bonchev–Trinajstić information content (AvgIpc) is 3.89. The molecular weight excluding hydrogens is 616 g/mol. The first-order chi connectivity index (χ1) is 22.8. The lowest BCUT2D eigenvalue weighted by Crippen LogP contribution is -2.42. The van der Waals surface area contributed by atoms with Gasteiger partial charge in [0.1, 0.15) is 5.69 Å². The molecule has 13 heteroatoms. The Morgan fingerprint density at radius 3 is 2.62 bits per heavy atom. The first-order valence-corrected chi connectivity index (χ1v) is 16.7. The van der Waals surface area contributed by atoms with Crippen LogP contribution >= 0.6 is 11.3 Å². The van der Waals surface area contributed by atoms with Gasteiger partial charge in [-0.05, 0) is 74.7 Å². The van der Waals surface area contributed by atoms with Crippen molar-refractivity contribution < 1.29 is 14.0 Å². The molecule has 47 heavy (non-hydrogen) atoms. The lowest BCUT2D eigenvalue weighted by molar-refractivity contribution is -0.132. The molecule has 0 saturated carbocycles. The predicted molar refractivity (Wildman–Crippen MR) is 181 cm³/mol. The number of amides is 2. The normalized spacial score (nSPS) is 17.0. The first-order valence-electron chi connectivity index (χ1n) is 15.8. The average molecular weight is 653 g/mol. The number of benzene rings is 2. The summed E-state index contributed by atoms with van der Waals surface area (Å²) in [6.45, 7) is 7.29. The Hall–Kier alpha value is -4.88. The third-order valence-corrected chi connectivity index (χ3v) is 9.95. The number of carbonyl (C=O) groups is 2. The van der Waals surface area contributed by atoms with Gasteiger partial charge in [0.15, 0.2) is 0 Å². The summed E-state index contributed by atoms with van der Waals surface area (Å²) in [6.07, 6.45) is 5.42. The van der Waals surface area contributed by atoms with Crippen LogP contribution in [0.4, 0.5) is 5.69 Å². The van der Waals surface area contributed by atoms with Crippen LogP contribution in [0.5, 0.6) is 0 Å². The van der Waals surface area contributed by atoms with Gasteiger partial charge in [0, 0.05) is 56.1 Å². The van der Waals surface area contributed by atoms with Crippen LogP contribution in [0.3, 0.4) is 0 Å². The van der Waals surface area contributed by atoms with E-state index in [4.69, 9.17) is 4.42 Å². The zero-order chi connectivity index (χ0) is 32.7. The van der Waals surface area contributed by atoms with Gasteiger partial charge in [-0.1, -0.05) is 18.2 Å². The Morgan fingerprint density at radius 1 is 1.13 bits per heavy atom. The molecule has 242 valence electrons. The van der Waals surface area contributed by atoms with E-state index in [2.05, 4.69) is 31.3 Å². The zero-order valence-electron chi connectivity index (χ0n) is 26.6. The number of H-pyrrole nitrogens is 1. The van der Waals surface area contributed by atoms with Crippen molar-refractivity contribution in [3.05, 3.63) is 75.9 Å². The number of aromatic nitrogens is 5. The van der Waals surface area contributed by atoms with Gasteiger partial charge in [0.25, 0.3) is 0 Å². The van der Waals surface area contributed by atoms with Crippen molar-refractivity contribution in [1.29, 1.82) is 0 Å². The van der Waals surface area contributed by atoms with Crippen molar-refractivity contribution in [3.8, 4) is 22.0 Å². The van der Waals surface area contributed by atoms with Crippen molar-refractivity contribution in [2.75, 3.05) is 44.2 Å². The number of hydrogen-bond donors (Lipinski definition) is 1. The molecule has 2 amide bonds. The number of hydrogen-bond acceptors (Lipinski definition) is 9. The molecule has 0 spiro atoms.